The Morgan fingerprint density at radius 3 is 2.27 bits per heavy atom. The van der Waals surface area contributed by atoms with E-state index in [4.69, 9.17) is 10.5 Å². The molecule has 1 aromatic rings. The Bertz CT molecular complexity index is 678. The van der Waals surface area contributed by atoms with Gasteiger partial charge in [0.15, 0.2) is 0 Å². The topological polar surface area (TPSA) is 96.7 Å². The first-order chi connectivity index (χ1) is 12.1. The van der Waals surface area contributed by atoms with Crippen LogP contribution in [0.1, 0.15) is 46.1 Å². The van der Waals surface area contributed by atoms with E-state index in [1.807, 2.05) is 0 Å². The SMILES string of the molecule is CNc1ccc([C@@](C)(NC(=O)OC(C)(C)C)C(=O)N2CCCC2)cc1N. The van der Waals surface area contributed by atoms with Crippen molar-refractivity contribution < 1.29 is 14.3 Å². The molecule has 1 aliphatic rings. The zero-order chi connectivity index (χ0) is 19.5. The Morgan fingerprint density at radius 2 is 1.77 bits per heavy atom. The summed E-state index contributed by atoms with van der Waals surface area (Å²) in [5.74, 6) is -0.155. The van der Waals surface area contributed by atoms with E-state index in [9.17, 15) is 9.59 Å². The molecule has 0 bridgehead atoms. The number of carbonyl (C=O) groups excluding carboxylic acids is 2. The molecule has 1 heterocycles. The van der Waals surface area contributed by atoms with E-state index >= 15 is 0 Å². The minimum Gasteiger partial charge on any atom is -0.444 e. The smallest absolute Gasteiger partial charge is 0.408 e. The molecule has 7 heteroatoms. The van der Waals surface area contributed by atoms with Gasteiger partial charge in [-0.05, 0) is 58.2 Å². The van der Waals surface area contributed by atoms with Gasteiger partial charge in [-0.3, -0.25) is 4.79 Å². The maximum atomic E-state index is 13.2. The summed E-state index contributed by atoms with van der Waals surface area (Å²) in [7, 11) is 1.78. The molecular weight excluding hydrogens is 332 g/mol. The number of alkyl carbamates (subject to hydrolysis) is 1. The van der Waals surface area contributed by atoms with Crippen molar-refractivity contribution in [3.05, 3.63) is 23.8 Å². The molecule has 1 fully saturated rings. The predicted molar refractivity (Wildman–Crippen MR) is 103 cm³/mol. The fourth-order valence-electron chi connectivity index (χ4n) is 3.09. The number of ether oxygens (including phenoxy) is 1. The molecule has 2 rings (SSSR count). The third-order valence-electron chi connectivity index (χ3n) is 4.47. The molecule has 0 spiro atoms. The van der Waals surface area contributed by atoms with Crippen molar-refractivity contribution in [2.45, 2.75) is 51.7 Å². The Labute approximate surface area is 155 Å². The lowest BCUT2D eigenvalue weighted by atomic mass is 9.89. The van der Waals surface area contributed by atoms with Gasteiger partial charge >= 0.3 is 6.09 Å². The normalized spacial score (nSPS) is 16.7. The van der Waals surface area contributed by atoms with Crippen molar-refractivity contribution in [2.24, 2.45) is 0 Å². The van der Waals surface area contributed by atoms with Crippen LogP contribution in [0.15, 0.2) is 18.2 Å². The fraction of sp³-hybridized carbons (Fsp3) is 0.579. The first-order valence-corrected chi connectivity index (χ1v) is 8.95. The molecule has 144 valence electrons. The van der Waals surface area contributed by atoms with E-state index < -0.39 is 17.2 Å². The summed E-state index contributed by atoms with van der Waals surface area (Å²) in [5, 5.41) is 5.78. The van der Waals surface area contributed by atoms with Gasteiger partial charge in [0, 0.05) is 20.1 Å². The molecule has 1 aliphatic heterocycles. The van der Waals surface area contributed by atoms with Crippen molar-refractivity contribution in [2.75, 3.05) is 31.2 Å². The summed E-state index contributed by atoms with van der Waals surface area (Å²) in [4.78, 5) is 27.4. The average molecular weight is 362 g/mol. The van der Waals surface area contributed by atoms with Gasteiger partial charge in [-0.15, -0.1) is 0 Å². The Hall–Kier alpha value is -2.44. The summed E-state index contributed by atoms with van der Waals surface area (Å²) < 4.78 is 5.38. The van der Waals surface area contributed by atoms with Crippen molar-refractivity contribution in [1.82, 2.24) is 10.2 Å². The number of hydrogen-bond donors (Lipinski definition) is 3. The lowest BCUT2D eigenvalue weighted by Gasteiger charge is -2.34. The van der Waals surface area contributed by atoms with Gasteiger partial charge < -0.3 is 26.0 Å². The molecule has 2 amide bonds. The zero-order valence-corrected chi connectivity index (χ0v) is 16.3. The molecular formula is C19H30N4O3. The first-order valence-electron chi connectivity index (χ1n) is 8.95. The van der Waals surface area contributed by atoms with Crippen LogP contribution >= 0.6 is 0 Å². The molecule has 4 N–H and O–H groups in total. The molecule has 7 nitrogen and oxygen atoms in total. The van der Waals surface area contributed by atoms with E-state index in [0.29, 0.717) is 24.3 Å². The highest BCUT2D eigenvalue weighted by Gasteiger charge is 2.42. The number of nitrogens with zero attached hydrogens (tertiary/aromatic N) is 1. The Balaban J connectivity index is 2.38. The number of nitrogens with two attached hydrogens (primary N) is 1. The van der Waals surface area contributed by atoms with Crippen molar-refractivity contribution in [3.8, 4) is 0 Å². The minimum absolute atomic E-state index is 0.155. The van der Waals surface area contributed by atoms with E-state index in [1.54, 1.807) is 57.8 Å². The van der Waals surface area contributed by atoms with Gasteiger partial charge in [-0.2, -0.15) is 0 Å². The average Bonchev–Trinajstić information content (AvgIpc) is 3.06. The number of nitrogens with one attached hydrogen (secondary N) is 2. The summed E-state index contributed by atoms with van der Waals surface area (Å²) in [6.07, 6.45) is 1.30. The number of nitrogen functional groups attached to an aromatic ring is 1. The van der Waals surface area contributed by atoms with Crippen LogP contribution in [0.4, 0.5) is 16.2 Å². The van der Waals surface area contributed by atoms with E-state index in [0.717, 1.165) is 18.5 Å². The van der Waals surface area contributed by atoms with Crippen LogP contribution in [-0.2, 0) is 15.1 Å². The van der Waals surface area contributed by atoms with Crippen LogP contribution in [0.25, 0.3) is 0 Å². The second-order valence-electron chi connectivity index (χ2n) is 7.80. The number of rotatable bonds is 4. The van der Waals surface area contributed by atoms with Crippen molar-refractivity contribution >= 4 is 23.4 Å². The third-order valence-corrected chi connectivity index (χ3v) is 4.47. The second kappa shape index (κ2) is 7.43. The molecule has 0 aliphatic carbocycles. The predicted octanol–water partition coefficient (Wildman–Crippen LogP) is 2.67. The van der Waals surface area contributed by atoms with E-state index in [1.165, 1.54) is 0 Å². The van der Waals surface area contributed by atoms with Gasteiger partial charge in [0.25, 0.3) is 5.91 Å². The van der Waals surface area contributed by atoms with Crippen LogP contribution in [0.5, 0.6) is 0 Å². The minimum atomic E-state index is -1.26. The van der Waals surface area contributed by atoms with Crippen LogP contribution in [0, 0.1) is 0 Å². The highest BCUT2D eigenvalue weighted by molar-refractivity contribution is 5.91. The summed E-state index contributed by atoms with van der Waals surface area (Å²) in [5.41, 5.74) is 6.07. The molecule has 1 atom stereocenters. The fourth-order valence-corrected chi connectivity index (χ4v) is 3.09. The number of likely N-dealkylation sites (tertiary alicyclic amines) is 1. The number of carbonyl (C=O) groups is 2. The highest BCUT2D eigenvalue weighted by atomic mass is 16.6. The van der Waals surface area contributed by atoms with Crippen LogP contribution in [-0.4, -0.2) is 42.6 Å². The zero-order valence-electron chi connectivity index (χ0n) is 16.3. The van der Waals surface area contributed by atoms with Crippen LogP contribution in [0.2, 0.25) is 0 Å². The molecule has 26 heavy (non-hydrogen) atoms. The highest BCUT2D eigenvalue weighted by Crippen LogP contribution is 2.30. The lowest BCUT2D eigenvalue weighted by molar-refractivity contribution is -0.137. The van der Waals surface area contributed by atoms with Gasteiger partial charge in [0.2, 0.25) is 0 Å². The second-order valence-corrected chi connectivity index (χ2v) is 7.80. The lowest BCUT2D eigenvalue weighted by Crippen LogP contribution is -2.55. The van der Waals surface area contributed by atoms with E-state index in [-0.39, 0.29) is 5.91 Å². The first kappa shape index (κ1) is 19.9. The summed E-state index contributed by atoms with van der Waals surface area (Å²) >= 11 is 0. The van der Waals surface area contributed by atoms with Crippen LogP contribution < -0.4 is 16.4 Å². The van der Waals surface area contributed by atoms with E-state index in [2.05, 4.69) is 10.6 Å². The van der Waals surface area contributed by atoms with Gasteiger partial charge in [-0.1, -0.05) is 6.07 Å². The number of anilines is 2. The molecule has 1 aromatic carbocycles. The molecule has 0 saturated carbocycles. The van der Waals surface area contributed by atoms with Crippen molar-refractivity contribution in [1.29, 1.82) is 0 Å². The van der Waals surface area contributed by atoms with Gasteiger partial charge in [0.05, 0.1) is 11.4 Å². The molecule has 0 radical (unpaired) electrons. The standard InChI is InChI=1S/C19H30N4O3/c1-18(2,3)26-17(25)22-19(4,16(24)23-10-6-7-11-23)13-8-9-15(21-5)14(20)12-13/h8-9,12,21H,6-7,10-11,20H2,1-5H3,(H,22,25)/t19-/m1/s1. The largest absolute Gasteiger partial charge is 0.444 e. The number of benzene rings is 1. The van der Waals surface area contributed by atoms with Crippen molar-refractivity contribution in [3.63, 3.8) is 0 Å². The molecule has 1 saturated heterocycles. The summed E-state index contributed by atoms with van der Waals surface area (Å²) in [6, 6.07) is 5.32. The third kappa shape index (κ3) is 4.39. The molecule has 0 unspecified atom stereocenters. The quantitative estimate of drug-likeness (QED) is 0.716. The summed E-state index contributed by atoms with van der Waals surface area (Å²) in [6.45, 7) is 8.43. The number of hydrogen-bond acceptors (Lipinski definition) is 5. The van der Waals surface area contributed by atoms with Crippen LogP contribution in [0.3, 0.4) is 0 Å². The maximum absolute atomic E-state index is 13.2. The Kier molecular flexibility index (Phi) is 5.68. The maximum Gasteiger partial charge on any atom is 0.408 e. The number of amides is 2. The van der Waals surface area contributed by atoms with Gasteiger partial charge in [-0.25, -0.2) is 4.79 Å². The monoisotopic (exact) mass is 362 g/mol. The van der Waals surface area contributed by atoms with Gasteiger partial charge in [0.1, 0.15) is 11.1 Å². The Morgan fingerprint density at radius 1 is 1.15 bits per heavy atom. The molecule has 0 aromatic heterocycles.